The van der Waals surface area contributed by atoms with Crippen LogP contribution in [0.25, 0.3) is 5.69 Å². The number of amides is 1. The fourth-order valence-electron chi connectivity index (χ4n) is 2.89. The molecule has 4 nitrogen and oxygen atoms in total. The minimum Gasteiger partial charge on any atom is -0.352 e. The van der Waals surface area contributed by atoms with Crippen molar-refractivity contribution in [3.63, 3.8) is 0 Å². The van der Waals surface area contributed by atoms with Crippen LogP contribution in [0.15, 0.2) is 24.3 Å². The van der Waals surface area contributed by atoms with E-state index in [0.717, 1.165) is 47.5 Å². The second-order valence-corrected chi connectivity index (χ2v) is 6.67. The molecule has 0 aliphatic carbocycles. The van der Waals surface area contributed by atoms with Gasteiger partial charge in [0.25, 0.3) is 5.91 Å². The van der Waals surface area contributed by atoms with E-state index in [1.54, 1.807) is 0 Å². The summed E-state index contributed by atoms with van der Waals surface area (Å²) in [6, 6.07) is 8.18. The number of aromatic nitrogens is 2. The van der Waals surface area contributed by atoms with Crippen LogP contribution in [0.5, 0.6) is 0 Å². The molecule has 1 aromatic carbocycles. The Hall–Kier alpha value is -2.10. The van der Waals surface area contributed by atoms with Gasteiger partial charge in [-0.2, -0.15) is 5.10 Å². The van der Waals surface area contributed by atoms with E-state index in [1.165, 1.54) is 0 Å². The fraction of sp³-hybridized carbons (Fsp3) is 0.500. The molecule has 1 aromatic heterocycles. The summed E-state index contributed by atoms with van der Waals surface area (Å²) in [5.41, 5.74) is 4.87. The first kappa shape index (κ1) is 18.2. The molecule has 0 saturated carbocycles. The molecule has 0 aliphatic rings. The van der Waals surface area contributed by atoms with Gasteiger partial charge in [-0.1, -0.05) is 52.3 Å². The summed E-state index contributed by atoms with van der Waals surface area (Å²) in [5.74, 6) is 0.434. The van der Waals surface area contributed by atoms with Gasteiger partial charge in [-0.05, 0) is 37.3 Å². The molecule has 0 spiro atoms. The molecule has 0 fully saturated rings. The first-order valence-corrected chi connectivity index (χ1v) is 8.94. The second kappa shape index (κ2) is 8.13. The Bertz CT molecular complexity index is 701. The molecule has 24 heavy (non-hydrogen) atoms. The Labute approximate surface area is 145 Å². The first-order valence-electron chi connectivity index (χ1n) is 8.94. The van der Waals surface area contributed by atoms with Crippen molar-refractivity contribution < 1.29 is 4.79 Å². The highest BCUT2D eigenvalue weighted by Gasteiger charge is 2.23. The Kier molecular flexibility index (Phi) is 6.18. The first-order chi connectivity index (χ1) is 11.5. The van der Waals surface area contributed by atoms with Crippen LogP contribution < -0.4 is 5.32 Å². The number of benzene rings is 1. The van der Waals surface area contributed by atoms with Crippen molar-refractivity contribution in [3.8, 4) is 5.69 Å². The van der Waals surface area contributed by atoms with E-state index in [4.69, 9.17) is 5.10 Å². The summed E-state index contributed by atoms with van der Waals surface area (Å²) in [6.45, 7) is 11.2. The molecule has 4 heteroatoms. The lowest BCUT2D eigenvalue weighted by molar-refractivity contribution is 0.0947. The summed E-state index contributed by atoms with van der Waals surface area (Å²) in [4.78, 5) is 12.8. The molecule has 0 radical (unpaired) electrons. The molecule has 1 N–H and O–H groups in total. The van der Waals surface area contributed by atoms with E-state index in [9.17, 15) is 4.79 Å². The monoisotopic (exact) mass is 327 g/mol. The van der Waals surface area contributed by atoms with Gasteiger partial charge in [-0.15, -0.1) is 0 Å². The fourth-order valence-corrected chi connectivity index (χ4v) is 2.89. The number of hydrogen-bond donors (Lipinski definition) is 1. The van der Waals surface area contributed by atoms with Crippen LogP contribution in [0, 0.1) is 12.8 Å². The molecule has 0 aliphatic heterocycles. The van der Waals surface area contributed by atoms with Gasteiger partial charge in [0.1, 0.15) is 0 Å². The quantitative estimate of drug-likeness (QED) is 0.833. The highest BCUT2D eigenvalue weighted by Crippen LogP contribution is 2.23. The van der Waals surface area contributed by atoms with Crippen LogP contribution in [-0.4, -0.2) is 22.2 Å². The van der Waals surface area contributed by atoms with Crippen molar-refractivity contribution >= 4 is 5.91 Å². The molecule has 2 aromatic rings. The largest absolute Gasteiger partial charge is 0.352 e. The molecule has 130 valence electrons. The van der Waals surface area contributed by atoms with Crippen LogP contribution >= 0.6 is 0 Å². The predicted molar refractivity (Wildman–Crippen MR) is 98.8 cm³/mol. The van der Waals surface area contributed by atoms with Crippen LogP contribution in [0.4, 0.5) is 0 Å². The number of rotatable bonds is 7. The summed E-state index contributed by atoms with van der Waals surface area (Å²) < 4.78 is 1.96. The Morgan fingerprint density at radius 1 is 1.25 bits per heavy atom. The van der Waals surface area contributed by atoms with E-state index >= 15 is 0 Å². The predicted octanol–water partition coefficient (Wildman–Crippen LogP) is 4.08. The van der Waals surface area contributed by atoms with Crippen LogP contribution in [0.1, 0.15) is 61.4 Å². The van der Waals surface area contributed by atoms with Crippen LogP contribution in [0.2, 0.25) is 0 Å². The number of nitrogens with zero attached hydrogens (tertiary/aromatic N) is 2. The highest BCUT2D eigenvalue weighted by atomic mass is 16.1. The molecule has 1 heterocycles. The number of hydrogen-bond acceptors (Lipinski definition) is 2. The maximum absolute atomic E-state index is 12.8. The molecule has 0 bridgehead atoms. The van der Waals surface area contributed by atoms with Gasteiger partial charge in [0.05, 0.1) is 22.6 Å². The van der Waals surface area contributed by atoms with Crippen molar-refractivity contribution in [3.05, 3.63) is 46.8 Å². The molecular formula is C20H29N3O. The zero-order valence-corrected chi connectivity index (χ0v) is 15.5. The van der Waals surface area contributed by atoms with Gasteiger partial charge in [0.15, 0.2) is 0 Å². The molecule has 0 saturated heterocycles. The summed E-state index contributed by atoms with van der Waals surface area (Å²) in [5, 5.41) is 7.86. The zero-order valence-electron chi connectivity index (χ0n) is 15.5. The third kappa shape index (κ3) is 3.86. The molecular weight excluding hydrogens is 298 g/mol. The van der Waals surface area contributed by atoms with Crippen LogP contribution in [0.3, 0.4) is 0 Å². The van der Waals surface area contributed by atoms with E-state index in [2.05, 4.69) is 52.1 Å². The summed E-state index contributed by atoms with van der Waals surface area (Å²) in [6.07, 6.45) is 2.56. The topological polar surface area (TPSA) is 46.9 Å². The van der Waals surface area contributed by atoms with Gasteiger partial charge in [-0.3, -0.25) is 4.79 Å². The number of aryl methyl sites for hydroxylation is 2. The smallest absolute Gasteiger partial charge is 0.255 e. The van der Waals surface area contributed by atoms with Crippen molar-refractivity contribution in [2.45, 2.75) is 53.9 Å². The number of carbonyl (C=O) groups is 1. The Balaban J connectivity index is 2.52. The second-order valence-electron chi connectivity index (χ2n) is 6.67. The van der Waals surface area contributed by atoms with Crippen molar-refractivity contribution in [2.24, 2.45) is 5.92 Å². The lowest BCUT2D eigenvalue weighted by atomic mass is 10.1. The summed E-state index contributed by atoms with van der Waals surface area (Å²) >= 11 is 0. The normalized spacial score (nSPS) is 11.1. The van der Waals surface area contributed by atoms with E-state index < -0.39 is 0 Å². The third-order valence-electron chi connectivity index (χ3n) is 4.12. The standard InChI is InChI=1S/C20H29N3O/c1-6-10-16-19(20(24)21-13-14(3)4)17(7-2)23(22-16)18-12-9-8-11-15(18)5/h8-9,11-12,14H,6-7,10,13H2,1-5H3,(H,21,24). The highest BCUT2D eigenvalue weighted by molar-refractivity contribution is 5.96. The minimum atomic E-state index is 0.00355. The Morgan fingerprint density at radius 3 is 2.54 bits per heavy atom. The van der Waals surface area contributed by atoms with Gasteiger partial charge in [0, 0.05) is 6.54 Å². The average Bonchev–Trinajstić information content (AvgIpc) is 2.91. The van der Waals surface area contributed by atoms with Gasteiger partial charge < -0.3 is 5.32 Å². The van der Waals surface area contributed by atoms with Crippen molar-refractivity contribution in [1.82, 2.24) is 15.1 Å². The van der Waals surface area contributed by atoms with E-state index in [0.29, 0.717) is 12.5 Å². The SMILES string of the molecule is CCCc1nn(-c2ccccc2C)c(CC)c1C(=O)NCC(C)C. The lowest BCUT2D eigenvalue weighted by Crippen LogP contribution is -2.28. The number of para-hydroxylation sites is 1. The maximum Gasteiger partial charge on any atom is 0.255 e. The number of nitrogens with one attached hydrogen (secondary N) is 1. The minimum absolute atomic E-state index is 0.00355. The van der Waals surface area contributed by atoms with Crippen LogP contribution in [-0.2, 0) is 12.8 Å². The van der Waals surface area contributed by atoms with E-state index in [1.807, 2.05) is 16.8 Å². The zero-order chi connectivity index (χ0) is 17.7. The molecule has 2 rings (SSSR count). The van der Waals surface area contributed by atoms with Gasteiger partial charge in [0.2, 0.25) is 0 Å². The van der Waals surface area contributed by atoms with Gasteiger partial charge >= 0.3 is 0 Å². The average molecular weight is 327 g/mol. The molecule has 0 atom stereocenters. The van der Waals surface area contributed by atoms with Crippen molar-refractivity contribution in [1.29, 1.82) is 0 Å². The lowest BCUT2D eigenvalue weighted by Gasteiger charge is -2.11. The maximum atomic E-state index is 12.8. The molecule has 1 amide bonds. The van der Waals surface area contributed by atoms with E-state index in [-0.39, 0.29) is 5.91 Å². The Morgan fingerprint density at radius 2 is 1.96 bits per heavy atom. The van der Waals surface area contributed by atoms with Crippen molar-refractivity contribution in [2.75, 3.05) is 6.54 Å². The van der Waals surface area contributed by atoms with Gasteiger partial charge in [-0.25, -0.2) is 4.68 Å². The molecule has 0 unspecified atom stereocenters. The third-order valence-corrected chi connectivity index (χ3v) is 4.12. The summed E-state index contributed by atoms with van der Waals surface area (Å²) in [7, 11) is 0. The number of carbonyl (C=O) groups excluding carboxylic acids is 1.